The largest absolute Gasteiger partial charge is 0.488 e. The third-order valence-corrected chi connectivity index (χ3v) is 6.96. The molecule has 1 saturated heterocycles. The number of hydrogen-bond acceptors (Lipinski definition) is 3. The Morgan fingerprint density at radius 2 is 1.96 bits per heavy atom. The number of hydrogen-bond donors (Lipinski definition) is 0. The Morgan fingerprint density at radius 3 is 2.71 bits per heavy atom. The van der Waals surface area contributed by atoms with Gasteiger partial charge < -0.3 is 9.47 Å². The molecule has 2 fully saturated rings. The standard InChI is InChI=1S/C22H19BrCl2O3/c1-13-6-16-12-28-21(26)22(16,9-13)10-14-3-5-20(17(23)7-14)27-11-15-2-4-18(24)19(25)8-15/h2-5,7-8,16H,1,6,9-12H2. The van der Waals surface area contributed by atoms with Gasteiger partial charge in [-0.15, -0.1) is 0 Å². The van der Waals surface area contributed by atoms with Gasteiger partial charge in [0.15, 0.2) is 0 Å². The molecule has 1 aliphatic carbocycles. The van der Waals surface area contributed by atoms with Gasteiger partial charge in [0.1, 0.15) is 12.4 Å². The van der Waals surface area contributed by atoms with Crippen molar-refractivity contribution < 1.29 is 14.3 Å². The summed E-state index contributed by atoms with van der Waals surface area (Å²) in [5.74, 6) is 0.873. The molecule has 3 nitrogen and oxygen atoms in total. The van der Waals surface area contributed by atoms with Crippen LogP contribution in [0.1, 0.15) is 24.0 Å². The molecular formula is C22H19BrCl2O3. The summed E-state index contributed by atoms with van der Waals surface area (Å²) >= 11 is 15.6. The normalized spacial score (nSPS) is 23.6. The summed E-state index contributed by atoms with van der Waals surface area (Å²) in [5, 5.41) is 1.03. The molecule has 6 heteroatoms. The third-order valence-electron chi connectivity index (χ3n) is 5.60. The molecule has 0 amide bonds. The molecule has 2 aromatic rings. The zero-order chi connectivity index (χ0) is 19.9. The van der Waals surface area contributed by atoms with E-state index < -0.39 is 5.41 Å². The molecule has 2 atom stereocenters. The van der Waals surface area contributed by atoms with Gasteiger partial charge in [-0.3, -0.25) is 4.79 Å². The maximum atomic E-state index is 12.5. The number of esters is 1. The summed E-state index contributed by atoms with van der Waals surface area (Å²) in [5.41, 5.74) is 2.69. The van der Waals surface area contributed by atoms with Gasteiger partial charge in [-0.05, 0) is 70.6 Å². The summed E-state index contributed by atoms with van der Waals surface area (Å²) in [6, 6.07) is 11.4. The van der Waals surface area contributed by atoms with E-state index in [2.05, 4.69) is 22.5 Å². The van der Waals surface area contributed by atoms with Crippen molar-refractivity contribution in [2.24, 2.45) is 11.3 Å². The van der Waals surface area contributed by atoms with Gasteiger partial charge in [-0.25, -0.2) is 0 Å². The molecule has 28 heavy (non-hydrogen) atoms. The minimum atomic E-state index is -0.459. The third kappa shape index (κ3) is 3.70. The van der Waals surface area contributed by atoms with Crippen molar-refractivity contribution >= 4 is 45.1 Å². The predicted octanol–water partition coefficient (Wildman–Crippen LogP) is 6.39. The Labute approximate surface area is 182 Å². The molecule has 0 N–H and O–H groups in total. The summed E-state index contributed by atoms with van der Waals surface area (Å²) in [4.78, 5) is 12.5. The van der Waals surface area contributed by atoms with E-state index in [0.29, 0.717) is 36.1 Å². The average Bonchev–Trinajstić information content (AvgIpc) is 3.11. The Morgan fingerprint density at radius 1 is 1.18 bits per heavy atom. The Hall–Kier alpha value is -1.49. The van der Waals surface area contributed by atoms with E-state index in [1.807, 2.05) is 24.3 Å². The highest BCUT2D eigenvalue weighted by Gasteiger charge is 2.55. The second kappa shape index (κ2) is 7.74. The number of halogens is 3. The molecule has 1 aliphatic heterocycles. The molecule has 1 heterocycles. The van der Waals surface area contributed by atoms with E-state index in [1.165, 1.54) is 0 Å². The van der Waals surface area contributed by atoms with E-state index in [0.717, 1.165) is 33.3 Å². The Kier molecular flexibility index (Phi) is 5.47. The molecule has 2 unspecified atom stereocenters. The number of benzene rings is 2. The number of carbonyl (C=O) groups is 1. The van der Waals surface area contributed by atoms with Gasteiger partial charge in [-0.2, -0.15) is 0 Å². The summed E-state index contributed by atoms with van der Waals surface area (Å²) in [6.07, 6.45) is 2.24. The zero-order valence-electron chi connectivity index (χ0n) is 15.1. The molecule has 0 radical (unpaired) electrons. The molecule has 0 spiro atoms. The van der Waals surface area contributed by atoms with Crippen molar-refractivity contribution in [3.05, 3.63) is 74.2 Å². The highest BCUT2D eigenvalue weighted by Crippen LogP contribution is 2.52. The first-order chi connectivity index (χ1) is 13.4. The first-order valence-electron chi connectivity index (χ1n) is 9.06. The molecule has 4 rings (SSSR count). The zero-order valence-corrected chi connectivity index (χ0v) is 18.2. The second-order valence-electron chi connectivity index (χ2n) is 7.56. The quantitative estimate of drug-likeness (QED) is 0.366. The van der Waals surface area contributed by atoms with Gasteiger partial charge in [-0.1, -0.05) is 47.5 Å². The topological polar surface area (TPSA) is 35.5 Å². The number of allylic oxidation sites excluding steroid dienone is 1. The number of fused-ring (bicyclic) bond motifs is 1. The lowest BCUT2D eigenvalue weighted by atomic mass is 9.75. The second-order valence-corrected chi connectivity index (χ2v) is 9.23. The molecule has 1 saturated carbocycles. The van der Waals surface area contributed by atoms with Crippen molar-refractivity contribution in [1.29, 1.82) is 0 Å². The van der Waals surface area contributed by atoms with Crippen molar-refractivity contribution in [3.8, 4) is 5.75 Å². The minimum Gasteiger partial charge on any atom is -0.488 e. The lowest BCUT2D eigenvalue weighted by Gasteiger charge is -2.24. The maximum absolute atomic E-state index is 12.5. The van der Waals surface area contributed by atoms with Gasteiger partial charge in [0.25, 0.3) is 0 Å². The van der Waals surface area contributed by atoms with Gasteiger partial charge >= 0.3 is 5.97 Å². The molecular weight excluding hydrogens is 463 g/mol. The number of carbonyl (C=O) groups excluding carboxylic acids is 1. The van der Waals surface area contributed by atoms with Gasteiger partial charge in [0.2, 0.25) is 0 Å². The summed E-state index contributed by atoms with van der Waals surface area (Å²) < 4.78 is 12.1. The van der Waals surface area contributed by atoms with Crippen LogP contribution in [0.15, 0.2) is 53.0 Å². The van der Waals surface area contributed by atoms with E-state index in [-0.39, 0.29) is 11.9 Å². The van der Waals surface area contributed by atoms with Crippen LogP contribution in [0.2, 0.25) is 10.0 Å². The number of rotatable bonds is 5. The van der Waals surface area contributed by atoms with Gasteiger partial charge in [0.05, 0.1) is 26.5 Å². The predicted molar refractivity (Wildman–Crippen MR) is 114 cm³/mol. The van der Waals surface area contributed by atoms with Crippen molar-refractivity contribution in [2.75, 3.05) is 6.61 Å². The molecule has 0 aromatic heterocycles. The number of cyclic esters (lactones) is 1. The van der Waals surface area contributed by atoms with E-state index in [9.17, 15) is 4.79 Å². The Bertz CT molecular complexity index is 959. The average molecular weight is 482 g/mol. The summed E-state index contributed by atoms with van der Waals surface area (Å²) in [6.45, 7) is 4.99. The van der Waals surface area contributed by atoms with Crippen LogP contribution in [0.4, 0.5) is 0 Å². The van der Waals surface area contributed by atoms with Crippen LogP contribution in [-0.2, 0) is 22.6 Å². The molecule has 146 valence electrons. The first kappa shape index (κ1) is 19.8. The van der Waals surface area contributed by atoms with E-state index >= 15 is 0 Å². The maximum Gasteiger partial charge on any atom is 0.313 e. The van der Waals surface area contributed by atoms with E-state index in [1.54, 1.807) is 12.1 Å². The number of ether oxygens (including phenoxy) is 2. The molecule has 2 aliphatic rings. The fourth-order valence-corrected chi connectivity index (χ4v) is 5.05. The smallest absolute Gasteiger partial charge is 0.313 e. The monoisotopic (exact) mass is 480 g/mol. The highest BCUT2D eigenvalue weighted by molar-refractivity contribution is 9.10. The van der Waals surface area contributed by atoms with Crippen LogP contribution in [0.25, 0.3) is 0 Å². The highest BCUT2D eigenvalue weighted by atomic mass is 79.9. The van der Waals surface area contributed by atoms with Crippen molar-refractivity contribution in [1.82, 2.24) is 0 Å². The van der Waals surface area contributed by atoms with Crippen LogP contribution in [0.5, 0.6) is 5.75 Å². The van der Waals surface area contributed by atoms with Crippen LogP contribution < -0.4 is 4.74 Å². The van der Waals surface area contributed by atoms with Crippen molar-refractivity contribution in [2.45, 2.75) is 25.9 Å². The van der Waals surface area contributed by atoms with Crippen LogP contribution in [0.3, 0.4) is 0 Å². The minimum absolute atomic E-state index is 0.0905. The SMILES string of the molecule is C=C1CC2COC(=O)C2(Cc2ccc(OCc3ccc(Cl)c(Cl)c3)c(Br)c2)C1. The first-order valence-corrected chi connectivity index (χ1v) is 10.6. The van der Waals surface area contributed by atoms with E-state index in [4.69, 9.17) is 32.7 Å². The Balaban J connectivity index is 1.48. The molecule has 2 aromatic carbocycles. The van der Waals surface area contributed by atoms with Crippen LogP contribution in [0, 0.1) is 11.3 Å². The molecule has 0 bridgehead atoms. The van der Waals surface area contributed by atoms with Crippen LogP contribution in [-0.4, -0.2) is 12.6 Å². The van der Waals surface area contributed by atoms with Gasteiger partial charge in [0, 0.05) is 5.92 Å². The van der Waals surface area contributed by atoms with Crippen LogP contribution >= 0.6 is 39.1 Å². The van der Waals surface area contributed by atoms with Crippen molar-refractivity contribution in [3.63, 3.8) is 0 Å². The lowest BCUT2D eigenvalue weighted by Crippen LogP contribution is -2.31. The fraction of sp³-hybridized carbons (Fsp3) is 0.318. The fourth-order valence-electron chi connectivity index (χ4n) is 4.19. The summed E-state index contributed by atoms with van der Waals surface area (Å²) in [7, 11) is 0. The lowest BCUT2D eigenvalue weighted by molar-refractivity contribution is -0.146.